The van der Waals surface area contributed by atoms with Gasteiger partial charge in [-0.15, -0.1) is 10.2 Å². The van der Waals surface area contributed by atoms with E-state index in [1.807, 2.05) is 0 Å². The van der Waals surface area contributed by atoms with Crippen LogP contribution in [0.1, 0.15) is 29.5 Å². The summed E-state index contributed by atoms with van der Waals surface area (Å²) in [6.45, 7) is 2.16. The lowest BCUT2D eigenvalue weighted by Crippen LogP contribution is -1.89. The summed E-state index contributed by atoms with van der Waals surface area (Å²) < 4.78 is 6.97. The molecule has 118 valence electrons. The van der Waals surface area contributed by atoms with E-state index in [1.165, 1.54) is 20.3 Å². The maximum Gasteiger partial charge on any atom is 0.276 e. The molecule has 0 fully saturated rings. The second-order valence-corrected chi connectivity index (χ2v) is 7.40. The second-order valence-electron chi connectivity index (χ2n) is 5.22. The van der Waals surface area contributed by atoms with Crippen LogP contribution >= 0.6 is 34.4 Å². The van der Waals surface area contributed by atoms with E-state index < -0.39 is 0 Å². The Hall–Kier alpha value is -1.34. The van der Waals surface area contributed by atoms with Crippen LogP contribution in [0.25, 0.3) is 0 Å². The van der Waals surface area contributed by atoms with E-state index in [9.17, 15) is 0 Å². The van der Waals surface area contributed by atoms with E-state index >= 15 is 0 Å². The maximum absolute atomic E-state index is 5.73. The third kappa shape index (κ3) is 4.81. The topological polar surface area (TPSA) is 38.9 Å². The number of rotatable bonds is 6. The van der Waals surface area contributed by atoms with E-state index in [2.05, 4.69) is 88.2 Å². The summed E-state index contributed by atoms with van der Waals surface area (Å²) in [5, 5.41) is 8.89. The Balaban J connectivity index is 1.57. The van der Waals surface area contributed by atoms with Gasteiger partial charge in [0.15, 0.2) is 0 Å². The van der Waals surface area contributed by atoms with Crippen LogP contribution < -0.4 is 0 Å². The van der Waals surface area contributed by atoms with Crippen LogP contribution in [0.2, 0.25) is 0 Å². The van der Waals surface area contributed by atoms with Crippen LogP contribution in [0.3, 0.4) is 0 Å². The van der Waals surface area contributed by atoms with Crippen LogP contribution in [-0.4, -0.2) is 10.2 Å². The molecule has 0 amide bonds. The third-order valence-corrected chi connectivity index (χ3v) is 5.12. The van der Waals surface area contributed by atoms with Crippen molar-refractivity contribution < 1.29 is 4.42 Å². The molecule has 0 bridgehead atoms. The lowest BCUT2D eigenvalue weighted by Gasteiger charge is -2.00. The highest BCUT2D eigenvalue weighted by Crippen LogP contribution is 2.22. The first-order chi connectivity index (χ1) is 11.2. The molecule has 0 saturated heterocycles. The summed E-state index contributed by atoms with van der Waals surface area (Å²) in [5.41, 5.74) is 3.79. The predicted octanol–water partition coefficient (Wildman–Crippen LogP) is 5.12. The smallest absolute Gasteiger partial charge is 0.276 e. The molecule has 3 aromatic rings. The summed E-state index contributed by atoms with van der Waals surface area (Å²) in [6, 6.07) is 17.0. The maximum atomic E-state index is 5.73. The molecule has 1 heterocycles. The summed E-state index contributed by atoms with van der Waals surface area (Å²) in [7, 11) is 0. The number of aryl methyl sites for hydroxylation is 1. The summed E-state index contributed by atoms with van der Waals surface area (Å²) >= 11 is 3.88. The molecule has 2 aromatic carbocycles. The third-order valence-electron chi connectivity index (χ3n) is 3.51. The molecule has 5 heteroatoms. The van der Waals surface area contributed by atoms with E-state index in [4.69, 9.17) is 4.42 Å². The van der Waals surface area contributed by atoms with Crippen molar-refractivity contribution >= 4 is 34.4 Å². The fourth-order valence-electron chi connectivity index (χ4n) is 2.16. The van der Waals surface area contributed by atoms with Gasteiger partial charge in [0.05, 0.1) is 6.42 Å². The number of hydrogen-bond donors (Lipinski definition) is 0. The molecule has 0 atom stereocenters. The number of nitrogens with zero attached hydrogens (tertiary/aromatic N) is 2. The van der Waals surface area contributed by atoms with Gasteiger partial charge in [0.25, 0.3) is 5.22 Å². The molecule has 0 unspecified atom stereocenters. The van der Waals surface area contributed by atoms with Gasteiger partial charge in [-0.05, 0) is 57.8 Å². The lowest BCUT2D eigenvalue weighted by atomic mass is 10.1. The Bertz CT molecular complexity index is 753. The summed E-state index contributed by atoms with van der Waals surface area (Å²) in [4.78, 5) is 0. The lowest BCUT2D eigenvalue weighted by molar-refractivity contribution is 0.420. The fraction of sp³-hybridized carbons (Fsp3) is 0.222. The van der Waals surface area contributed by atoms with Crippen molar-refractivity contribution in [3.63, 3.8) is 0 Å². The minimum atomic E-state index is 0.628. The molecule has 0 saturated carbocycles. The number of benzene rings is 2. The zero-order chi connectivity index (χ0) is 16.1. The Morgan fingerprint density at radius 1 is 0.913 bits per heavy atom. The molecular formula is C18H17IN2OS. The van der Waals surface area contributed by atoms with Crippen LogP contribution in [0, 0.1) is 3.57 Å². The monoisotopic (exact) mass is 436 g/mol. The summed E-state index contributed by atoms with van der Waals surface area (Å²) in [6.07, 6.45) is 1.74. The van der Waals surface area contributed by atoms with Gasteiger partial charge in [-0.3, -0.25) is 0 Å². The SMILES string of the molecule is CCc1ccc(Cc2nnc(SCc3ccc(I)cc3)o2)cc1. The number of thioether (sulfide) groups is 1. The molecule has 0 radical (unpaired) electrons. The van der Waals surface area contributed by atoms with Crippen molar-refractivity contribution in [2.45, 2.75) is 30.7 Å². The molecule has 3 rings (SSSR count). The average molecular weight is 436 g/mol. The zero-order valence-corrected chi connectivity index (χ0v) is 15.8. The molecule has 0 spiro atoms. The normalized spacial score (nSPS) is 10.9. The molecular weight excluding hydrogens is 419 g/mol. The van der Waals surface area contributed by atoms with Gasteiger partial charge in [0.2, 0.25) is 5.89 Å². The summed E-state index contributed by atoms with van der Waals surface area (Å²) in [5.74, 6) is 1.50. The Morgan fingerprint density at radius 3 is 2.26 bits per heavy atom. The molecule has 3 nitrogen and oxygen atoms in total. The fourth-order valence-corrected chi connectivity index (χ4v) is 3.26. The van der Waals surface area contributed by atoms with Crippen molar-refractivity contribution in [2.75, 3.05) is 0 Å². The molecule has 0 aliphatic rings. The Labute approximate surface area is 154 Å². The van der Waals surface area contributed by atoms with Gasteiger partial charge in [-0.25, -0.2) is 0 Å². The Kier molecular flexibility index (Phi) is 5.72. The van der Waals surface area contributed by atoms with Crippen molar-refractivity contribution in [1.82, 2.24) is 10.2 Å². The molecule has 0 aliphatic carbocycles. The van der Waals surface area contributed by atoms with Gasteiger partial charge < -0.3 is 4.42 Å². The van der Waals surface area contributed by atoms with E-state index in [0.717, 1.165) is 12.2 Å². The second kappa shape index (κ2) is 7.97. The highest BCUT2D eigenvalue weighted by atomic mass is 127. The molecule has 0 N–H and O–H groups in total. The minimum absolute atomic E-state index is 0.628. The van der Waals surface area contributed by atoms with Gasteiger partial charge in [-0.2, -0.15) is 0 Å². The largest absolute Gasteiger partial charge is 0.416 e. The van der Waals surface area contributed by atoms with Gasteiger partial charge >= 0.3 is 0 Å². The predicted molar refractivity (Wildman–Crippen MR) is 102 cm³/mol. The van der Waals surface area contributed by atoms with Crippen LogP contribution in [-0.2, 0) is 18.6 Å². The van der Waals surface area contributed by atoms with E-state index in [-0.39, 0.29) is 0 Å². The molecule has 0 aliphatic heterocycles. The van der Waals surface area contributed by atoms with E-state index in [1.54, 1.807) is 11.8 Å². The first-order valence-electron chi connectivity index (χ1n) is 7.50. The standard InChI is InChI=1S/C18H17IN2OS/c1-2-13-3-5-14(6-4-13)11-17-20-21-18(22-17)23-12-15-7-9-16(19)10-8-15/h3-10H,2,11-12H2,1H3. The van der Waals surface area contributed by atoms with Gasteiger partial charge in [-0.1, -0.05) is 55.1 Å². The van der Waals surface area contributed by atoms with Crippen molar-refractivity contribution in [3.05, 3.63) is 74.7 Å². The van der Waals surface area contributed by atoms with Crippen molar-refractivity contribution in [2.24, 2.45) is 0 Å². The zero-order valence-electron chi connectivity index (χ0n) is 12.8. The first kappa shape index (κ1) is 16.5. The highest BCUT2D eigenvalue weighted by molar-refractivity contribution is 14.1. The van der Waals surface area contributed by atoms with Gasteiger partial charge in [0.1, 0.15) is 0 Å². The molecule has 1 aromatic heterocycles. The highest BCUT2D eigenvalue weighted by Gasteiger charge is 2.08. The van der Waals surface area contributed by atoms with Crippen molar-refractivity contribution in [3.8, 4) is 0 Å². The number of aromatic nitrogens is 2. The van der Waals surface area contributed by atoms with Crippen LogP contribution in [0.4, 0.5) is 0 Å². The number of halogens is 1. The van der Waals surface area contributed by atoms with Crippen LogP contribution in [0.5, 0.6) is 0 Å². The van der Waals surface area contributed by atoms with E-state index in [0.29, 0.717) is 17.5 Å². The van der Waals surface area contributed by atoms with Gasteiger partial charge in [0, 0.05) is 9.32 Å². The number of hydrogen-bond acceptors (Lipinski definition) is 4. The van der Waals surface area contributed by atoms with Crippen LogP contribution in [0.15, 0.2) is 58.2 Å². The first-order valence-corrected chi connectivity index (χ1v) is 9.57. The minimum Gasteiger partial charge on any atom is -0.416 e. The van der Waals surface area contributed by atoms with Crippen molar-refractivity contribution in [1.29, 1.82) is 0 Å². The Morgan fingerprint density at radius 2 is 1.57 bits per heavy atom. The average Bonchev–Trinajstić information content (AvgIpc) is 3.02. The molecule has 23 heavy (non-hydrogen) atoms. The quantitative estimate of drug-likeness (QED) is 0.397.